The predicted octanol–water partition coefficient (Wildman–Crippen LogP) is 6.51. The highest BCUT2D eigenvalue weighted by molar-refractivity contribution is 9.10. The molecular formula is C23H16BrClN2O2. The van der Waals surface area contributed by atoms with Gasteiger partial charge in [0.25, 0.3) is 0 Å². The average molecular weight is 468 g/mol. The van der Waals surface area contributed by atoms with Crippen LogP contribution >= 0.6 is 27.5 Å². The SMILES string of the molecule is Oc1cc(OCc2ccccc2Cl)ccc1-c1ncncc1-c1ccc(Br)cc1. The summed E-state index contributed by atoms with van der Waals surface area (Å²) in [5.74, 6) is 0.629. The van der Waals surface area contributed by atoms with E-state index in [1.807, 2.05) is 48.5 Å². The lowest BCUT2D eigenvalue weighted by Crippen LogP contribution is -1.97. The number of benzene rings is 3. The van der Waals surface area contributed by atoms with Crippen molar-refractivity contribution in [2.24, 2.45) is 0 Å². The third-order valence-electron chi connectivity index (χ3n) is 4.44. The van der Waals surface area contributed by atoms with E-state index in [2.05, 4.69) is 25.9 Å². The standard InChI is InChI=1S/C23H16BrClN2O2/c24-17-7-5-15(6-8-17)20-12-26-14-27-23(20)19-10-9-18(11-22(19)28)29-13-16-3-1-2-4-21(16)25/h1-12,14,28H,13H2. The second-order valence-corrected chi connectivity index (χ2v) is 7.67. The third kappa shape index (κ3) is 4.42. The Hall–Kier alpha value is -2.89. The molecule has 4 rings (SSSR count). The summed E-state index contributed by atoms with van der Waals surface area (Å²) in [6.07, 6.45) is 3.21. The van der Waals surface area contributed by atoms with Crippen LogP contribution in [0.4, 0.5) is 0 Å². The highest BCUT2D eigenvalue weighted by Gasteiger charge is 2.14. The van der Waals surface area contributed by atoms with E-state index in [1.165, 1.54) is 6.33 Å². The Morgan fingerprint density at radius 1 is 0.966 bits per heavy atom. The number of hydrogen-bond donors (Lipinski definition) is 1. The molecule has 0 saturated heterocycles. The number of halogens is 2. The summed E-state index contributed by atoms with van der Waals surface area (Å²) < 4.78 is 6.78. The van der Waals surface area contributed by atoms with Crippen molar-refractivity contribution < 1.29 is 9.84 Å². The highest BCUT2D eigenvalue weighted by Crippen LogP contribution is 2.37. The molecule has 0 radical (unpaired) electrons. The molecule has 6 heteroatoms. The number of phenols is 1. The maximum absolute atomic E-state index is 10.6. The van der Waals surface area contributed by atoms with E-state index < -0.39 is 0 Å². The molecule has 0 aliphatic heterocycles. The van der Waals surface area contributed by atoms with E-state index in [-0.39, 0.29) is 5.75 Å². The minimum Gasteiger partial charge on any atom is -0.507 e. The molecular weight excluding hydrogens is 452 g/mol. The number of aromatic nitrogens is 2. The van der Waals surface area contributed by atoms with Gasteiger partial charge in [-0.1, -0.05) is 57.9 Å². The fourth-order valence-electron chi connectivity index (χ4n) is 2.96. The van der Waals surface area contributed by atoms with Crippen LogP contribution in [0.3, 0.4) is 0 Å². The average Bonchev–Trinajstić information content (AvgIpc) is 2.74. The Labute approximate surface area is 181 Å². The molecule has 1 heterocycles. The fourth-order valence-corrected chi connectivity index (χ4v) is 3.42. The number of nitrogens with zero attached hydrogens (tertiary/aromatic N) is 2. The van der Waals surface area contributed by atoms with Gasteiger partial charge in [-0.25, -0.2) is 9.97 Å². The first-order valence-electron chi connectivity index (χ1n) is 8.87. The van der Waals surface area contributed by atoms with Crippen molar-refractivity contribution in [3.05, 3.63) is 94.3 Å². The Morgan fingerprint density at radius 2 is 1.76 bits per heavy atom. The largest absolute Gasteiger partial charge is 0.507 e. The highest BCUT2D eigenvalue weighted by atomic mass is 79.9. The van der Waals surface area contributed by atoms with Crippen LogP contribution in [0.1, 0.15) is 5.56 Å². The molecule has 0 spiro atoms. The smallest absolute Gasteiger partial charge is 0.128 e. The summed E-state index contributed by atoms with van der Waals surface area (Å²) in [5, 5.41) is 11.3. The van der Waals surface area contributed by atoms with Gasteiger partial charge in [0, 0.05) is 38.4 Å². The van der Waals surface area contributed by atoms with Crippen molar-refractivity contribution in [3.8, 4) is 33.9 Å². The molecule has 144 valence electrons. The zero-order valence-electron chi connectivity index (χ0n) is 15.2. The molecule has 1 N–H and O–H groups in total. The monoisotopic (exact) mass is 466 g/mol. The Kier molecular flexibility index (Phi) is 5.79. The van der Waals surface area contributed by atoms with Gasteiger partial charge in [-0.05, 0) is 35.9 Å². The number of aromatic hydroxyl groups is 1. The third-order valence-corrected chi connectivity index (χ3v) is 5.34. The van der Waals surface area contributed by atoms with Gasteiger partial charge in [0.15, 0.2) is 0 Å². The van der Waals surface area contributed by atoms with E-state index in [0.717, 1.165) is 21.2 Å². The van der Waals surface area contributed by atoms with Gasteiger partial charge in [-0.2, -0.15) is 0 Å². The molecule has 0 fully saturated rings. The van der Waals surface area contributed by atoms with Crippen LogP contribution in [0.25, 0.3) is 22.4 Å². The second kappa shape index (κ2) is 8.64. The zero-order chi connectivity index (χ0) is 20.2. The van der Waals surface area contributed by atoms with Crippen LogP contribution in [0, 0.1) is 0 Å². The van der Waals surface area contributed by atoms with Crippen LogP contribution in [-0.4, -0.2) is 15.1 Å². The van der Waals surface area contributed by atoms with Crippen molar-refractivity contribution in [1.29, 1.82) is 0 Å². The fraction of sp³-hybridized carbons (Fsp3) is 0.0435. The van der Waals surface area contributed by atoms with Gasteiger partial charge in [0.2, 0.25) is 0 Å². The quantitative estimate of drug-likeness (QED) is 0.363. The molecule has 0 amide bonds. The van der Waals surface area contributed by atoms with Crippen molar-refractivity contribution in [3.63, 3.8) is 0 Å². The number of rotatable bonds is 5. The first kappa shape index (κ1) is 19.4. The van der Waals surface area contributed by atoms with Gasteiger partial charge in [-0.15, -0.1) is 0 Å². The molecule has 0 aliphatic carbocycles. The molecule has 0 aliphatic rings. The Morgan fingerprint density at radius 3 is 2.52 bits per heavy atom. The van der Waals surface area contributed by atoms with Crippen molar-refractivity contribution in [2.75, 3.05) is 0 Å². The number of phenolic OH excluding ortho intramolecular Hbond substituents is 1. The summed E-state index contributed by atoms with van der Waals surface area (Å²) in [6.45, 7) is 0.316. The van der Waals surface area contributed by atoms with Gasteiger partial charge in [0.05, 0.1) is 5.69 Å². The molecule has 3 aromatic carbocycles. The topological polar surface area (TPSA) is 55.2 Å². The molecule has 4 aromatic rings. The van der Waals surface area contributed by atoms with Gasteiger partial charge in [0.1, 0.15) is 24.4 Å². The van der Waals surface area contributed by atoms with E-state index >= 15 is 0 Å². The van der Waals surface area contributed by atoms with Crippen LogP contribution < -0.4 is 4.74 Å². The molecule has 0 unspecified atom stereocenters. The van der Waals surface area contributed by atoms with Gasteiger partial charge < -0.3 is 9.84 Å². The molecule has 0 atom stereocenters. The summed E-state index contributed by atoms with van der Waals surface area (Å²) in [6, 6.07) is 20.5. The minimum absolute atomic E-state index is 0.0821. The lowest BCUT2D eigenvalue weighted by Gasteiger charge is -2.12. The number of hydrogen-bond acceptors (Lipinski definition) is 4. The van der Waals surface area contributed by atoms with Crippen LogP contribution in [-0.2, 0) is 6.61 Å². The zero-order valence-corrected chi connectivity index (χ0v) is 17.6. The van der Waals surface area contributed by atoms with E-state index in [4.69, 9.17) is 16.3 Å². The Bertz CT molecular complexity index is 1150. The van der Waals surface area contributed by atoms with Gasteiger partial charge in [-0.3, -0.25) is 0 Å². The predicted molar refractivity (Wildman–Crippen MR) is 118 cm³/mol. The normalized spacial score (nSPS) is 10.7. The Balaban J connectivity index is 1.62. The first-order chi connectivity index (χ1) is 14.1. The summed E-state index contributed by atoms with van der Waals surface area (Å²) in [7, 11) is 0. The summed E-state index contributed by atoms with van der Waals surface area (Å²) in [5.41, 5.74) is 3.93. The maximum atomic E-state index is 10.6. The van der Waals surface area contributed by atoms with Crippen LogP contribution in [0.15, 0.2) is 83.7 Å². The van der Waals surface area contributed by atoms with Crippen LogP contribution in [0.2, 0.25) is 5.02 Å². The summed E-state index contributed by atoms with van der Waals surface area (Å²) >= 11 is 9.61. The van der Waals surface area contributed by atoms with Crippen molar-refractivity contribution in [2.45, 2.75) is 6.61 Å². The lowest BCUT2D eigenvalue weighted by atomic mass is 10.0. The molecule has 0 bridgehead atoms. The van der Waals surface area contributed by atoms with Crippen molar-refractivity contribution in [1.82, 2.24) is 9.97 Å². The lowest BCUT2D eigenvalue weighted by molar-refractivity contribution is 0.304. The minimum atomic E-state index is 0.0821. The van der Waals surface area contributed by atoms with E-state index in [9.17, 15) is 5.11 Å². The van der Waals surface area contributed by atoms with Crippen LogP contribution in [0.5, 0.6) is 11.5 Å². The van der Waals surface area contributed by atoms with Crippen molar-refractivity contribution >= 4 is 27.5 Å². The summed E-state index contributed by atoms with van der Waals surface area (Å²) in [4.78, 5) is 8.55. The maximum Gasteiger partial charge on any atom is 0.128 e. The van der Waals surface area contributed by atoms with Gasteiger partial charge >= 0.3 is 0 Å². The molecule has 4 nitrogen and oxygen atoms in total. The molecule has 29 heavy (non-hydrogen) atoms. The number of ether oxygens (including phenoxy) is 1. The molecule has 1 aromatic heterocycles. The van der Waals surface area contributed by atoms with E-state index in [1.54, 1.807) is 24.4 Å². The molecule has 0 saturated carbocycles. The first-order valence-corrected chi connectivity index (χ1v) is 10.0. The van der Waals surface area contributed by atoms with E-state index in [0.29, 0.717) is 28.6 Å². The second-order valence-electron chi connectivity index (χ2n) is 6.35.